The molecular weight excluding hydrogens is 521 g/mol. The zero-order valence-corrected chi connectivity index (χ0v) is 22.7. The van der Waals surface area contributed by atoms with E-state index in [-0.39, 0.29) is 22.4 Å². The molecule has 0 radical (unpaired) electrons. The highest BCUT2D eigenvalue weighted by molar-refractivity contribution is 6.34. The average Bonchev–Trinajstić information content (AvgIpc) is 3.59. The molecule has 2 atom stereocenters. The van der Waals surface area contributed by atoms with E-state index in [0.29, 0.717) is 68.3 Å². The molecule has 39 heavy (non-hydrogen) atoms. The maximum Gasteiger partial charge on any atom is 0.306 e. The van der Waals surface area contributed by atoms with Crippen LogP contribution in [0.15, 0.2) is 24.3 Å². The van der Waals surface area contributed by atoms with Crippen molar-refractivity contribution < 1.29 is 23.9 Å². The predicted octanol–water partition coefficient (Wildman–Crippen LogP) is 5.57. The lowest BCUT2D eigenvalue weighted by Gasteiger charge is -2.35. The number of nitrogens with zero attached hydrogens (tertiary/aromatic N) is 3. The topological polar surface area (TPSA) is 92.5 Å². The summed E-state index contributed by atoms with van der Waals surface area (Å²) < 4.78 is 17.1. The van der Waals surface area contributed by atoms with Gasteiger partial charge in [-0.05, 0) is 75.8 Å². The van der Waals surface area contributed by atoms with Gasteiger partial charge in [0.2, 0.25) is 5.91 Å². The molecule has 1 saturated heterocycles. The van der Waals surface area contributed by atoms with Crippen molar-refractivity contribution in [2.75, 3.05) is 13.1 Å². The molecule has 1 aromatic carbocycles. The number of alkyl halides is 1. The van der Waals surface area contributed by atoms with E-state index in [1.165, 1.54) is 4.68 Å². The zero-order chi connectivity index (χ0) is 27.3. The number of allylic oxidation sites excluding steroid dienone is 2. The molecular formula is C30H33ClFN3O4. The van der Waals surface area contributed by atoms with Crippen LogP contribution < -0.4 is 0 Å². The third kappa shape index (κ3) is 4.60. The Hall–Kier alpha value is -3.00. The van der Waals surface area contributed by atoms with Crippen molar-refractivity contribution in [3.8, 4) is 0 Å². The summed E-state index contributed by atoms with van der Waals surface area (Å²) in [5.74, 6) is -1.83. The van der Waals surface area contributed by atoms with Crippen molar-refractivity contribution in [2.24, 2.45) is 11.8 Å². The van der Waals surface area contributed by atoms with Crippen LogP contribution in [0.4, 0.5) is 4.39 Å². The Kier molecular flexibility index (Phi) is 6.86. The van der Waals surface area contributed by atoms with E-state index in [2.05, 4.69) is 0 Å². The minimum absolute atomic E-state index is 0.122. The van der Waals surface area contributed by atoms with Crippen LogP contribution in [-0.4, -0.2) is 50.7 Å². The third-order valence-corrected chi connectivity index (χ3v) is 9.47. The maximum absolute atomic E-state index is 15.7. The fourth-order valence-corrected chi connectivity index (χ4v) is 6.95. The first kappa shape index (κ1) is 26.2. The minimum Gasteiger partial charge on any atom is -0.481 e. The first-order valence-corrected chi connectivity index (χ1v) is 14.5. The SMILES string of the molecule is O=C(O)C1CC=C(c2nn(C(=O)c3c(Cl)cccc3C3(F)CCC3)c3c2CCC(C(=O)N2CCCC2)C3)CC1. The van der Waals surface area contributed by atoms with Crippen LogP contribution in [0.25, 0.3) is 5.57 Å². The molecule has 2 heterocycles. The lowest BCUT2D eigenvalue weighted by atomic mass is 9.75. The van der Waals surface area contributed by atoms with Crippen LogP contribution in [0.2, 0.25) is 5.02 Å². The smallest absolute Gasteiger partial charge is 0.306 e. The van der Waals surface area contributed by atoms with Crippen molar-refractivity contribution in [3.05, 3.63) is 57.4 Å². The summed E-state index contributed by atoms with van der Waals surface area (Å²) in [6.45, 7) is 1.54. The molecule has 0 bridgehead atoms. The van der Waals surface area contributed by atoms with Gasteiger partial charge in [0.25, 0.3) is 5.91 Å². The highest BCUT2D eigenvalue weighted by Gasteiger charge is 2.43. The molecule has 4 aliphatic rings. The quantitative estimate of drug-likeness (QED) is 0.522. The second-order valence-electron chi connectivity index (χ2n) is 11.5. The first-order valence-electron chi connectivity index (χ1n) is 14.1. The van der Waals surface area contributed by atoms with Crippen molar-refractivity contribution in [1.29, 1.82) is 0 Å². The molecule has 1 N–H and O–H groups in total. The molecule has 0 spiro atoms. The molecule has 1 aromatic heterocycles. The largest absolute Gasteiger partial charge is 0.481 e. The van der Waals surface area contributed by atoms with Crippen molar-refractivity contribution in [3.63, 3.8) is 0 Å². The number of carboxylic acids is 1. The first-order chi connectivity index (χ1) is 18.8. The molecule has 1 amide bonds. The molecule has 9 heteroatoms. The number of likely N-dealkylation sites (tertiary alicyclic amines) is 1. The van der Waals surface area contributed by atoms with Gasteiger partial charge in [-0.15, -0.1) is 0 Å². The number of amides is 1. The van der Waals surface area contributed by atoms with Gasteiger partial charge in [-0.3, -0.25) is 14.4 Å². The Morgan fingerprint density at radius 2 is 1.79 bits per heavy atom. The van der Waals surface area contributed by atoms with Gasteiger partial charge in [0.1, 0.15) is 5.67 Å². The number of halogens is 2. The van der Waals surface area contributed by atoms with E-state index in [4.69, 9.17) is 16.7 Å². The van der Waals surface area contributed by atoms with Crippen molar-refractivity contribution in [2.45, 2.75) is 76.3 Å². The van der Waals surface area contributed by atoms with Gasteiger partial charge in [0, 0.05) is 36.6 Å². The van der Waals surface area contributed by atoms with Crippen LogP contribution >= 0.6 is 11.6 Å². The van der Waals surface area contributed by atoms with E-state index in [9.17, 15) is 19.5 Å². The lowest BCUT2D eigenvalue weighted by molar-refractivity contribution is -0.142. The van der Waals surface area contributed by atoms with Gasteiger partial charge in [0.15, 0.2) is 0 Å². The average molecular weight is 554 g/mol. The molecule has 2 fully saturated rings. The van der Waals surface area contributed by atoms with Crippen LogP contribution in [-0.2, 0) is 28.1 Å². The van der Waals surface area contributed by atoms with Crippen molar-refractivity contribution >= 4 is 35.0 Å². The van der Waals surface area contributed by atoms with E-state index in [0.717, 1.165) is 43.5 Å². The van der Waals surface area contributed by atoms with Crippen molar-refractivity contribution in [1.82, 2.24) is 14.7 Å². The number of benzene rings is 1. The highest BCUT2D eigenvalue weighted by atomic mass is 35.5. The fraction of sp³-hybridized carbons (Fsp3) is 0.533. The van der Waals surface area contributed by atoms with Crippen LogP contribution in [0, 0.1) is 11.8 Å². The van der Waals surface area contributed by atoms with Crippen LogP contribution in [0.5, 0.6) is 0 Å². The summed E-state index contributed by atoms with van der Waals surface area (Å²) in [6.07, 6.45) is 8.52. The summed E-state index contributed by atoms with van der Waals surface area (Å²) in [7, 11) is 0. The third-order valence-electron chi connectivity index (χ3n) is 9.15. The summed E-state index contributed by atoms with van der Waals surface area (Å²) in [5, 5.41) is 14.4. The number of hydrogen-bond donors (Lipinski definition) is 1. The summed E-state index contributed by atoms with van der Waals surface area (Å²) in [6, 6.07) is 4.92. The van der Waals surface area contributed by atoms with Gasteiger partial charge in [-0.1, -0.05) is 29.8 Å². The number of carboxylic acid groups (broad SMARTS) is 1. The van der Waals surface area contributed by atoms with Gasteiger partial charge in [-0.2, -0.15) is 9.78 Å². The Morgan fingerprint density at radius 1 is 1.05 bits per heavy atom. The second-order valence-corrected chi connectivity index (χ2v) is 11.9. The number of fused-ring (bicyclic) bond motifs is 1. The van der Waals surface area contributed by atoms with Gasteiger partial charge < -0.3 is 10.0 Å². The molecule has 1 saturated carbocycles. The van der Waals surface area contributed by atoms with Crippen LogP contribution in [0.1, 0.15) is 90.7 Å². The molecule has 6 rings (SSSR count). The Morgan fingerprint density at radius 3 is 2.44 bits per heavy atom. The molecule has 7 nitrogen and oxygen atoms in total. The number of rotatable bonds is 5. The van der Waals surface area contributed by atoms with E-state index < -0.39 is 23.5 Å². The van der Waals surface area contributed by atoms with Gasteiger partial charge >= 0.3 is 5.97 Å². The minimum atomic E-state index is -1.59. The fourth-order valence-electron chi connectivity index (χ4n) is 6.69. The molecule has 206 valence electrons. The summed E-state index contributed by atoms with van der Waals surface area (Å²) in [5.41, 5.74) is 2.10. The Labute approximate surface area is 232 Å². The Bertz CT molecular complexity index is 1370. The van der Waals surface area contributed by atoms with Crippen LogP contribution in [0.3, 0.4) is 0 Å². The number of aromatic nitrogens is 2. The predicted molar refractivity (Wildman–Crippen MR) is 144 cm³/mol. The number of hydrogen-bond acceptors (Lipinski definition) is 4. The summed E-state index contributed by atoms with van der Waals surface area (Å²) >= 11 is 6.55. The molecule has 2 unspecified atom stereocenters. The standard InChI is InChI=1S/C30H33ClFN3O4/c31-23-6-3-5-22(30(32)13-4-14-30)25(23)28(37)35-24-17-20(27(36)34-15-1-2-16-34)11-12-21(24)26(33-35)18-7-9-19(10-8-18)29(38)39/h3,5-7,19-20H,1-2,4,8-17H2,(H,38,39). The van der Waals surface area contributed by atoms with E-state index in [1.54, 1.807) is 18.2 Å². The Balaban J connectivity index is 1.41. The van der Waals surface area contributed by atoms with E-state index in [1.807, 2.05) is 11.0 Å². The highest BCUT2D eigenvalue weighted by Crippen LogP contribution is 2.47. The monoisotopic (exact) mass is 553 g/mol. The molecule has 3 aliphatic carbocycles. The number of carbonyl (C=O) groups excluding carboxylic acids is 2. The molecule has 2 aromatic rings. The second kappa shape index (κ2) is 10.2. The van der Waals surface area contributed by atoms with Gasteiger partial charge in [0.05, 0.1) is 27.9 Å². The number of aliphatic carboxylic acids is 1. The summed E-state index contributed by atoms with van der Waals surface area (Å²) in [4.78, 5) is 40.9. The van der Waals surface area contributed by atoms with E-state index >= 15 is 4.39 Å². The lowest BCUT2D eigenvalue weighted by Crippen LogP contribution is -2.37. The maximum atomic E-state index is 15.7. The van der Waals surface area contributed by atoms with Gasteiger partial charge in [-0.25, -0.2) is 4.39 Å². The number of carbonyl (C=O) groups is 3. The molecule has 1 aliphatic heterocycles. The zero-order valence-electron chi connectivity index (χ0n) is 21.9. The normalized spacial score (nSPS) is 24.1.